The molecule has 5 nitrogen and oxygen atoms in total. The summed E-state index contributed by atoms with van der Waals surface area (Å²) < 4.78 is 1.83. The van der Waals surface area contributed by atoms with Crippen LogP contribution in [0.25, 0.3) is 11.0 Å². The lowest BCUT2D eigenvalue weighted by Crippen LogP contribution is -2.23. The van der Waals surface area contributed by atoms with E-state index in [0.717, 1.165) is 22.3 Å². The second-order valence-electron chi connectivity index (χ2n) is 5.83. The Balaban J connectivity index is 1.99. The number of nitrogens with zero attached hydrogens (tertiary/aromatic N) is 3. The number of pyridine rings is 1. The molecule has 0 radical (unpaired) electrons. The summed E-state index contributed by atoms with van der Waals surface area (Å²) in [6.45, 7) is 8.61. The Bertz CT molecular complexity index is 894. The minimum Gasteiger partial charge on any atom is -0.349 e. The van der Waals surface area contributed by atoms with Gasteiger partial charge >= 0.3 is 0 Å². The van der Waals surface area contributed by atoms with Crippen molar-refractivity contribution in [1.82, 2.24) is 20.1 Å². The van der Waals surface area contributed by atoms with Crippen molar-refractivity contribution >= 4 is 16.9 Å². The van der Waals surface area contributed by atoms with Crippen LogP contribution in [0.1, 0.15) is 27.2 Å². The number of aryl methyl sites for hydroxylation is 2. The molecular formula is C19H20N4O. The Labute approximate surface area is 141 Å². The van der Waals surface area contributed by atoms with Crippen LogP contribution in [0.3, 0.4) is 0 Å². The summed E-state index contributed by atoms with van der Waals surface area (Å²) in [5, 5.41) is 8.00. The smallest absolute Gasteiger partial charge is 0.252 e. The van der Waals surface area contributed by atoms with Crippen LogP contribution in [0, 0.1) is 13.8 Å². The fourth-order valence-electron chi connectivity index (χ4n) is 2.60. The maximum Gasteiger partial charge on any atom is 0.252 e. The molecule has 122 valence electrons. The van der Waals surface area contributed by atoms with Crippen LogP contribution in [-0.4, -0.2) is 27.2 Å². The number of aromatic nitrogens is 3. The summed E-state index contributed by atoms with van der Waals surface area (Å²) in [4.78, 5) is 16.9. The van der Waals surface area contributed by atoms with Crippen molar-refractivity contribution in [3.63, 3.8) is 0 Å². The number of hydrogen-bond donors (Lipinski definition) is 1. The number of amides is 1. The van der Waals surface area contributed by atoms with E-state index in [1.165, 1.54) is 5.56 Å². The summed E-state index contributed by atoms with van der Waals surface area (Å²) in [7, 11) is 0. The molecule has 0 fully saturated rings. The van der Waals surface area contributed by atoms with Gasteiger partial charge in [0.25, 0.3) is 5.91 Å². The quantitative estimate of drug-likeness (QED) is 0.735. The Morgan fingerprint density at radius 2 is 2.04 bits per heavy atom. The van der Waals surface area contributed by atoms with Gasteiger partial charge in [0.1, 0.15) is 0 Å². The SMILES string of the molecule is C=CCNC(=O)c1cc(C)nc2c1cnn2Cc1ccc(C)cc1. The lowest BCUT2D eigenvalue weighted by molar-refractivity contribution is 0.0959. The van der Waals surface area contributed by atoms with E-state index in [4.69, 9.17) is 0 Å². The molecule has 2 heterocycles. The Morgan fingerprint density at radius 1 is 1.29 bits per heavy atom. The number of fused-ring (bicyclic) bond motifs is 1. The summed E-state index contributed by atoms with van der Waals surface area (Å²) in [5.74, 6) is -0.139. The number of nitrogens with one attached hydrogen (secondary N) is 1. The van der Waals surface area contributed by atoms with Crippen molar-refractivity contribution in [3.05, 3.63) is 71.6 Å². The molecule has 1 amide bonds. The third-order valence-electron chi connectivity index (χ3n) is 3.84. The van der Waals surface area contributed by atoms with Crippen LogP contribution in [0.2, 0.25) is 0 Å². The third-order valence-corrected chi connectivity index (χ3v) is 3.84. The highest BCUT2D eigenvalue weighted by atomic mass is 16.1. The Hall–Kier alpha value is -2.95. The fourth-order valence-corrected chi connectivity index (χ4v) is 2.60. The van der Waals surface area contributed by atoms with Gasteiger partial charge in [-0.3, -0.25) is 4.79 Å². The van der Waals surface area contributed by atoms with E-state index in [1.807, 2.05) is 11.6 Å². The minimum atomic E-state index is -0.139. The molecule has 0 saturated carbocycles. The highest BCUT2D eigenvalue weighted by Crippen LogP contribution is 2.19. The van der Waals surface area contributed by atoms with Crippen molar-refractivity contribution in [2.75, 3.05) is 6.54 Å². The molecule has 3 aromatic rings. The summed E-state index contributed by atoms with van der Waals surface area (Å²) in [5.41, 5.74) is 4.47. The normalized spacial score (nSPS) is 10.8. The zero-order chi connectivity index (χ0) is 17.1. The number of carbonyl (C=O) groups excluding carboxylic acids is 1. The van der Waals surface area contributed by atoms with Crippen molar-refractivity contribution in [2.24, 2.45) is 0 Å². The summed E-state index contributed by atoms with van der Waals surface area (Å²) >= 11 is 0. The molecule has 0 aliphatic rings. The van der Waals surface area contributed by atoms with Crippen LogP contribution in [0.4, 0.5) is 0 Å². The van der Waals surface area contributed by atoms with Gasteiger partial charge in [-0.25, -0.2) is 9.67 Å². The van der Waals surface area contributed by atoms with Gasteiger partial charge in [-0.2, -0.15) is 5.10 Å². The Kier molecular flexibility index (Phi) is 4.42. The molecule has 2 aromatic heterocycles. The molecular weight excluding hydrogens is 300 g/mol. The first-order valence-electron chi connectivity index (χ1n) is 7.86. The first-order chi connectivity index (χ1) is 11.6. The lowest BCUT2D eigenvalue weighted by Gasteiger charge is -2.07. The van der Waals surface area contributed by atoms with Crippen LogP contribution in [0.15, 0.2) is 49.2 Å². The van der Waals surface area contributed by atoms with Gasteiger partial charge in [0, 0.05) is 12.2 Å². The molecule has 0 unspecified atom stereocenters. The van der Waals surface area contributed by atoms with Crippen LogP contribution in [-0.2, 0) is 6.54 Å². The number of hydrogen-bond acceptors (Lipinski definition) is 3. The first kappa shape index (κ1) is 15.9. The molecule has 0 aliphatic heterocycles. The van der Waals surface area contributed by atoms with Gasteiger partial charge in [0.2, 0.25) is 0 Å². The standard InChI is InChI=1S/C19H20N4O/c1-4-9-20-19(24)16-10-14(3)22-18-17(16)11-21-23(18)12-15-7-5-13(2)6-8-15/h4-8,10-11H,1,9,12H2,2-3H3,(H,20,24). The molecule has 0 spiro atoms. The average Bonchev–Trinajstić information content (AvgIpc) is 2.96. The Morgan fingerprint density at radius 3 is 2.75 bits per heavy atom. The molecule has 0 aliphatic carbocycles. The third kappa shape index (κ3) is 3.20. The van der Waals surface area contributed by atoms with Crippen LogP contribution in [0.5, 0.6) is 0 Å². The predicted octanol–water partition coefficient (Wildman–Crippen LogP) is 3.01. The van der Waals surface area contributed by atoms with E-state index in [0.29, 0.717) is 18.7 Å². The molecule has 3 rings (SSSR count). The fraction of sp³-hybridized carbons (Fsp3) is 0.211. The number of benzene rings is 1. The van der Waals surface area contributed by atoms with Gasteiger partial charge in [-0.15, -0.1) is 6.58 Å². The minimum absolute atomic E-state index is 0.139. The van der Waals surface area contributed by atoms with E-state index >= 15 is 0 Å². The average molecular weight is 320 g/mol. The van der Waals surface area contributed by atoms with Gasteiger partial charge in [0.05, 0.1) is 23.7 Å². The largest absolute Gasteiger partial charge is 0.349 e. The van der Waals surface area contributed by atoms with Gasteiger partial charge in [-0.05, 0) is 25.5 Å². The van der Waals surface area contributed by atoms with Crippen molar-refractivity contribution in [1.29, 1.82) is 0 Å². The van der Waals surface area contributed by atoms with Gasteiger partial charge < -0.3 is 5.32 Å². The molecule has 0 bridgehead atoms. The summed E-state index contributed by atoms with van der Waals surface area (Å²) in [6.07, 6.45) is 3.36. The number of rotatable bonds is 5. The van der Waals surface area contributed by atoms with E-state index in [2.05, 4.69) is 53.2 Å². The lowest BCUT2D eigenvalue weighted by atomic mass is 10.1. The molecule has 24 heavy (non-hydrogen) atoms. The molecule has 1 aromatic carbocycles. The summed E-state index contributed by atoms with van der Waals surface area (Å²) in [6, 6.07) is 10.1. The van der Waals surface area contributed by atoms with Gasteiger partial charge in [0.15, 0.2) is 5.65 Å². The predicted molar refractivity (Wildman–Crippen MR) is 95.1 cm³/mol. The van der Waals surface area contributed by atoms with Crippen molar-refractivity contribution in [3.8, 4) is 0 Å². The molecule has 5 heteroatoms. The van der Waals surface area contributed by atoms with Crippen LogP contribution < -0.4 is 5.32 Å². The second kappa shape index (κ2) is 6.66. The molecule has 1 N–H and O–H groups in total. The first-order valence-corrected chi connectivity index (χ1v) is 7.86. The monoisotopic (exact) mass is 320 g/mol. The van der Waals surface area contributed by atoms with Gasteiger partial charge in [-0.1, -0.05) is 35.9 Å². The highest BCUT2D eigenvalue weighted by Gasteiger charge is 2.15. The van der Waals surface area contributed by atoms with Crippen molar-refractivity contribution in [2.45, 2.75) is 20.4 Å². The van der Waals surface area contributed by atoms with Crippen molar-refractivity contribution < 1.29 is 4.79 Å². The van der Waals surface area contributed by atoms with E-state index in [-0.39, 0.29) is 5.91 Å². The maximum absolute atomic E-state index is 12.4. The zero-order valence-corrected chi connectivity index (χ0v) is 13.9. The molecule has 0 atom stereocenters. The van der Waals surface area contributed by atoms with E-state index < -0.39 is 0 Å². The number of carbonyl (C=O) groups is 1. The van der Waals surface area contributed by atoms with E-state index in [9.17, 15) is 4.79 Å². The molecule has 0 saturated heterocycles. The zero-order valence-electron chi connectivity index (χ0n) is 13.9. The second-order valence-corrected chi connectivity index (χ2v) is 5.83. The maximum atomic E-state index is 12.4. The van der Waals surface area contributed by atoms with Crippen LogP contribution >= 0.6 is 0 Å². The topological polar surface area (TPSA) is 59.8 Å². The van der Waals surface area contributed by atoms with E-state index in [1.54, 1.807) is 18.3 Å². The highest BCUT2D eigenvalue weighted by molar-refractivity contribution is 6.05.